The van der Waals surface area contributed by atoms with Crippen molar-refractivity contribution in [2.45, 2.75) is 0 Å². The summed E-state index contributed by atoms with van der Waals surface area (Å²) in [5, 5.41) is 4.11. The number of benzene rings is 1. The van der Waals surface area contributed by atoms with E-state index in [0.717, 1.165) is 5.56 Å². The Bertz CT molecular complexity index is 443. The average molecular weight is 218 g/mol. The summed E-state index contributed by atoms with van der Waals surface area (Å²) in [4.78, 5) is 11.2. The van der Waals surface area contributed by atoms with Crippen molar-refractivity contribution in [2.75, 3.05) is 7.11 Å². The van der Waals surface area contributed by atoms with Crippen LogP contribution in [0.1, 0.15) is 10.4 Å². The van der Waals surface area contributed by atoms with E-state index in [2.05, 4.69) is 16.2 Å². The molecule has 1 aromatic carbocycles. The lowest BCUT2D eigenvalue weighted by Gasteiger charge is -2.00. The maximum absolute atomic E-state index is 11.2. The molecule has 1 aromatic heterocycles. The lowest BCUT2D eigenvalue weighted by atomic mass is 10.1. The molecule has 0 bridgehead atoms. The highest BCUT2D eigenvalue weighted by atomic mass is 32.1. The normalized spacial score (nSPS) is 9.93. The number of carbonyl (C=O) groups is 1. The van der Waals surface area contributed by atoms with Gasteiger partial charge in [-0.3, -0.25) is 0 Å². The number of ether oxygens (including phenoxy) is 1. The highest BCUT2D eigenvalue weighted by Gasteiger charge is 2.04. The van der Waals surface area contributed by atoms with Crippen LogP contribution in [0.4, 0.5) is 0 Å². The number of hydrogen-bond donors (Lipinski definition) is 0. The molecule has 0 aliphatic heterocycles. The predicted octanol–water partition coefficient (Wildman–Crippen LogP) is 3.20. The van der Waals surface area contributed by atoms with Gasteiger partial charge in [-0.25, -0.2) is 4.79 Å². The summed E-state index contributed by atoms with van der Waals surface area (Å²) in [6.07, 6.45) is 0. The molecule has 76 valence electrons. The van der Waals surface area contributed by atoms with Crippen molar-refractivity contribution in [3.63, 3.8) is 0 Å². The molecule has 3 heteroatoms. The fourth-order valence-corrected chi connectivity index (χ4v) is 2.01. The molecule has 0 saturated carbocycles. The Hall–Kier alpha value is -1.61. The molecule has 15 heavy (non-hydrogen) atoms. The van der Waals surface area contributed by atoms with Gasteiger partial charge in [0.15, 0.2) is 0 Å². The van der Waals surface area contributed by atoms with E-state index in [0.29, 0.717) is 5.56 Å². The Balaban J connectivity index is 2.29. The minimum atomic E-state index is -0.299. The van der Waals surface area contributed by atoms with E-state index < -0.39 is 0 Å². The van der Waals surface area contributed by atoms with Crippen molar-refractivity contribution in [1.29, 1.82) is 0 Å². The molecule has 2 rings (SSSR count). The van der Waals surface area contributed by atoms with Crippen molar-refractivity contribution in [3.05, 3.63) is 46.7 Å². The molecule has 2 aromatic rings. The third kappa shape index (κ3) is 2.07. The van der Waals surface area contributed by atoms with E-state index in [9.17, 15) is 4.79 Å². The molecule has 0 N–H and O–H groups in total. The first-order valence-corrected chi connectivity index (χ1v) is 5.46. The lowest BCUT2D eigenvalue weighted by Crippen LogP contribution is -2.00. The smallest absolute Gasteiger partial charge is 0.337 e. The molecular weight excluding hydrogens is 208 g/mol. The summed E-state index contributed by atoms with van der Waals surface area (Å²) in [7, 11) is 1.38. The SMILES string of the molecule is COC(=O)c1ccc(-c2ccsc2)cc1. The molecule has 0 saturated heterocycles. The second-order valence-electron chi connectivity index (χ2n) is 3.08. The monoisotopic (exact) mass is 218 g/mol. The van der Waals surface area contributed by atoms with Crippen molar-refractivity contribution in [1.82, 2.24) is 0 Å². The Morgan fingerprint density at radius 3 is 2.40 bits per heavy atom. The van der Waals surface area contributed by atoms with E-state index in [1.807, 2.05) is 17.5 Å². The number of hydrogen-bond acceptors (Lipinski definition) is 3. The van der Waals surface area contributed by atoms with Crippen molar-refractivity contribution in [2.24, 2.45) is 0 Å². The van der Waals surface area contributed by atoms with Gasteiger partial charge in [-0.1, -0.05) is 12.1 Å². The molecular formula is C12H10O2S. The maximum Gasteiger partial charge on any atom is 0.337 e. The quantitative estimate of drug-likeness (QED) is 0.723. The summed E-state index contributed by atoms with van der Waals surface area (Å²) >= 11 is 1.66. The molecule has 0 aliphatic rings. The van der Waals surface area contributed by atoms with Gasteiger partial charge < -0.3 is 4.74 Å². The van der Waals surface area contributed by atoms with E-state index in [1.165, 1.54) is 12.7 Å². The Kier molecular flexibility index (Phi) is 2.83. The highest BCUT2D eigenvalue weighted by molar-refractivity contribution is 7.08. The van der Waals surface area contributed by atoms with Crippen LogP contribution in [0.2, 0.25) is 0 Å². The molecule has 0 fully saturated rings. The number of thiophene rings is 1. The minimum absolute atomic E-state index is 0.299. The average Bonchev–Trinajstić information content (AvgIpc) is 2.82. The largest absolute Gasteiger partial charge is 0.465 e. The van der Waals surface area contributed by atoms with E-state index in [1.54, 1.807) is 23.5 Å². The third-order valence-electron chi connectivity index (χ3n) is 2.16. The molecule has 0 unspecified atom stereocenters. The van der Waals surface area contributed by atoms with Crippen LogP contribution >= 0.6 is 11.3 Å². The van der Waals surface area contributed by atoms with Gasteiger partial charge in [0.25, 0.3) is 0 Å². The van der Waals surface area contributed by atoms with Gasteiger partial charge in [-0.15, -0.1) is 0 Å². The van der Waals surface area contributed by atoms with Gasteiger partial charge in [0.2, 0.25) is 0 Å². The number of methoxy groups -OCH3 is 1. The number of carbonyl (C=O) groups excluding carboxylic acids is 1. The predicted molar refractivity (Wildman–Crippen MR) is 61.1 cm³/mol. The summed E-state index contributed by atoms with van der Waals surface area (Å²) in [6, 6.07) is 9.46. The number of esters is 1. The van der Waals surface area contributed by atoms with Gasteiger partial charge in [-0.05, 0) is 40.1 Å². The first-order valence-electron chi connectivity index (χ1n) is 4.52. The van der Waals surface area contributed by atoms with Gasteiger partial charge in [-0.2, -0.15) is 11.3 Å². The third-order valence-corrected chi connectivity index (χ3v) is 2.84. The highest BCUT2D eigenvalue weighted by Crippen LogP contribution is 2.22. The van der Waals surface area contributed by atoms with Crippen LogP contribution in [0, 0.1) is 0 Å². The Labute approximate surface area is 92.1 Å². The zero-order valence-corrected chi connectivity index (χ0v) is 9.08. The molecule has 0 radical (unpaired) electrons. The van der Waals surface area contributed by atoms with E-state index in [4.69, 9.17) is 0 Å². The zero-order chi connectivity index (χ0) is 10.7. The first-order chi connectivity index (χ1) is 7.31. The van der Waals surface area contributed by atoms with E-state index in [-0.39, 0.29) is 5.97 Å². The Morgan fingerprint density at radius 1 is 1.13 bits per heavy atom. The second kappa shape index (κ2) is 4.28. The fraction of sp³-hybridized carbons (Fsp3) is 0.0833. The van der Waals surface area contributed by atoms with Crippen LogP contribution in [0.25, 0.3) is 11.1 Å². The second-order valence-corrected chi connectivity index (χ2v) is 3.86. The topological polar surface area (TPSA) is 26.3 Å². The summed E-state index contributed by atoms with van der Waals surface area (Å²) in [5.74, 6) is -0.299. The van der Waals surface area contributed by atoms with Gasteiger partial charge in [0.1, 0.15) is 0 Å². The van der Waals surface area contributed by atoms with Crippen LogP contribution in [0.5, 0.6) is 0 Å². The number of rotatable bonds is 2. The zero-order valence-electron chi connectivity index (χ0n) is 8.27. The molecule has 0 spiro atoms. The summed E-state index contributed by atoms with van der Waals surface area (Å²) < 4.78 is 4.63. The van der Waals surface area contributed by atoms with Gasteiger partial charge in [0.05, 0.1) is 12.7 Å². The summed E-state index contributed by atoms with van der Waals surface area (Å²) in [5.41, 5.74) is 2.87. The maximum atomic E-state index is 11.2. The van der Waals surface area contributed by atoms with Crippen LogP contribution in [0.3, 0.4) is 0 Å². The minimum Gasteiger partial charge on any atom is -0.465 e. The molecule has 0 atom stereocenters. The molecule has 2 nitrogen and oxygen atoms in total. The van der Waals surface area contributed by atoms with Gasteiger partial charge >= 0.3 is 5.97 Å². The first kappa shape index (κ1) is 9.93. The van der Waals surface area contributed by atoms with Gasteiger partial charge in [0, 0.05) is 0 Å². The molecule has 1 heterocycles. The van der Waals surface area contributed by atoms with E-state index >= 15 is 0 Å². The van der Waals surface area contributed by atoms with Crippen LogP contribution in [-0.2, 0) is 4.74 Å². The van der Waals surface area contributed by atoms with Crippen LogP contribution in [0.15, 0.2) is 41.1 Å². The van der Waals surface area contributed by atoms with Crippen molar-refractivity contribution < 1.29 is 9.53 Å². The van der Waals surface area contributed by atoms with Crippen molar-refractivity contribution in [3.8, 4) is 11.1 Å². The van der Waals surface area contributed by atoms with Crippen LogP contribution in [-0.4, -0.2) is 13.1 Å². The fourth-order valence-electron chi connectivity index (χ4n) is 1.35. The molecule has 0 aliphatic carbocycles. The summed E-state index contributed by atoms with van der Waals surface area (Å²) in [6.45, 7) is 0. The van der Waals surface area contributed by atoms with Crippen LogP contribution < -0.4 is 0 Å². The lowest BCUT2D eigenvalue weighted by molar-refractivity contribution is 0.0601. The molecule has 0 amide bonds. The standard InChI is InChI=1S/C12H10O2S/c1-14-12(13)10-4-2-9(3-5-10)11-6-7-15-8-11/h2-8H,1H3. The van der Waals surface area contributed by atoms with Crippen molar-refractivity contribution >= 4 is 17.3 Å². The Morgan fingerprint density at radius 2 is 1.87 bits per heavy atom.